The van der Waals surface area contributed by atoms with Gasteiger partial charge in [-0.2, -0.15) is 0 Å². The molecule has 4 heteroatoms. The summed E-state index contributed by atoms with van der Waals surface area (Å²) in [4.78, 5) is 9.12. The smallest absolute Gasteiger partial charge is 0.115 e. The summed E-state index contributed by atoms with van der Waals surface area (Å²) in [6.45, 7) is 0. The number of aromatic nitrogens is 2. The highest BCUT2D eigenvalue weighted by molar-refractivity contribution is 5.84. The minimum atomic E-state index is 0.246. The zero-order chi connectivity index (χ0) is 14.9. The van der Waals surface area contributed by atoms with Crippen molar-refractivity contribution in [2.75, 3.05) is 0 Å². The van der Waals surface area contributed by atoms with Crippen molar-refractivity contribution in [2.45, 2.75) is 0 Å². The number of hydrogen-bond acceptors (Lipinski definition) is 4. The molecule has 0 aliphatic rings. The molecular formula is C18H12N2O2. The molecule has 0 unspecified atom stereocenters. The van der Waals surface area contributed by atoms with Crippen LogP contribution in [-0.4, -0.2) is 15.1 Å². The molecule has 1 aromatic carbocycles. The Bertz CT molecular complexity index is 929. The molecule has 0 fully saturated rings. The molecule has 3 aromatic heterocycles. The van der Waals surface area contributed by atoms with E-state index in [9.17, 15) is 5.11 Å². The topological polar surface area (TPSA) is 59.2 Å². The Morgan fingerprint density at radius 1 is 0.864 bits per heavy atom. The molecule has 4 aromatic rings. The predicted molar refractivity (Wildman–Crippen MR) is 84.3 cm³/mol. The van der Waals surface area contributed by atoms with E-state index < -0.39 is 0 Å². The van der Waals surface area contributed by atoms with Gasteiger partial charge in [-0.3, -0.25) is 4.98 Å². The normalized spacial score (nSPS) is 10.9. The quantitative estimate of drug-likeness (QED) is 0.598. The second-order valence-corrected chi connectivity index (χ2v) is 5.02. The first-order chi connectivity index (χ1) is 10.8. The van der Waals surface area contributed by atoms with E-state index in [4.69, 9.17) is 9.40 Å². The van der Waals surface area contributed by atoms with Gasteiger partial charge in [-0.15, -0.1) is 0 Å². The van der Waals surface area contributed by atoms with Crippen LogP contribution in [-0.2, 0) is 0 Å². The number of aromatic hydroxyl groups is 1. The number of rotatable bonds is 2. The molecule has 0 bridgehead atoms. The summed E-state index contributed by atoms with van der Waals surface area (Å²) in [5, 5.41) is 10.4. The Kier molecular flexibility index (Phi) is 2.86. The molecule has 0 radical (unpaired) electrons. The van der Waals surface area contributed by atoms with Crippen LogP contribution >= 0.6 is 0 Å². The van der Waals surface area contributed by atoms with E-state index in [-0.39, 0.29) is 5.75 Å². The van der Waals surface area contributed by atoms with Gasteiger partial charge in [-0.25, -0.2) is 4.98 Å². The van der Waals surface area contributed by atoms with Crippen molar-refractivity contribution in [1.29, 1.82) is 0 Å². The zero-order valence-corrected chi connectivity index (χ0v) is 11.6. The number of nitrogens with zero attached hydrogens (tertiary/aromatic N) is 2. The lowest BCUT2D eigenvalue weighted by Crippen LogP contribution is -1.88. The van der Waals surface area contributed by atoms with Gasteiger partial charge < -0.3 is 9.52 Å². The van der Waals surface area contributed by atoms with Crippen LogP contribution in [0.15, 0.2) is 71.7 Å². The van der Waals surface area contributed by atoms with Crippen molar-refractivity contribution in [3.8, 4) is 28.3 Å². The third kappa shape index (κ3) is 2.20. The van der Waals surface area contributed by atoms with E-state index in [2.05, 4.69) is 4.98 Å². The van der Waals surface area contributed by atoms with Crippen molar-refractivity contribution in [1.82, 2.24) is 9.97 Å². The van der Waals surface area contributed by atoms with Crippen LogP contribution in [0.25, 0.3) is 33.4 Å². The molecule has 4 rings (SSSR count). The third-order valence-electron chi connectivity index (χ3n) is 3.55. The lowest BCUT2D eigenvalue weighted by molar-refractivity contribution is 0.475. The Hall–Kier alpha value is -3.14. The van der Waals surface area contributed by atoms with Crippen LogP contribution in [0, 0.1) is 0 Å². The molecule has 22 heavy (non-hydrogen) atoms. The van der Waals surface area contributed by atoms with E-state index in [0.29, 0.717) is 0 Å². The summed E-state index contributed by atoms with van der Waals surface area (Å²) in [5.41, 5.74) is 4.45. The molecule has 0 amide bonds. The number of phenols is 1. The fraction of sp³-hybridized carbons (Fsp3) is 0. The molecule has 106 valence electrons. The van der Waals surface area contributed by atoms with Crippen LogP contribution in [0.5, 0.6) is 5.75 Å². The minimum absolute atomic E-state index is 0.246. The first-order valence-corrected chi connectivity index (χ1v) is 6.88. The molecule has 0 aliphatic carbocycles. The largest absolute Gasteiger partial charge is 0.508 e. The maximum absolute atomic E-state index is 9.38. The highest BCUT2D eigenvalue weighted by Crippen LogP contribution is 2.25. The van der Waals surface area contributed by atoms with Gasteiger partial charge in [0.1, 0.15) is 5.75 Å². The number of fused-ring (bicyclic) bond motifs is 1. The maximum atomic E-state index is 9.38. The second-order valence-electron chi connectivity index (χ2n) is 5.02. The molecule has 0 saturated heterocycles. The SMILES string of the molecule is Oc1ccc(-c2ccc3cnc(-c4ccoc4)cc3n2)cc1. The lowest BCUT2D eigenvalue weighted by Gasteiger charge is -2.05. The van der Waals surface area contributed by atoms with Gasteiger partial charge in [-0.05, 0) is 48.5 Å². The average molecular weight is 288 g/mol. The van der Waals surface area contributed by atoms with Gasteiger partial charge in [0, 0.05) is 22.7 Å². The molecule has 4 nitrogen and oxygen atoms in total. The standard InChI is InChI=1S/C18H12N2O2/c21-15-4-1-12(2-5-15)16-6-3-13-10-19-17(9-18(13)20-16)14-7-8-22-11-14/h1-11,21H. The summed E-state index contributed by atoms with van der Waals surface area (Å²) in [5.74, 6) is 0.246. The van der Waals surface area contributed by atoms with Crippen molar-refractivity contribution in [3.05, 3.63) is 67.3 Å². The molecule has 1 N–H and O–H groups in total. The van der Waals surface area contributed by atoms with E-state index in [1.807, 2.05) is 42.6 Å². The second kappa shape index (κ2) is 5.00. The van der Waals surface area contributed by atoms with E-state index in [0.717, 1.165) is 33.4 Å². The van der Waals surface area contributed by atoms with Crippen LogP contribution < -0.4 is 0 Å². The van der Waals surface area contributed by atoms with Crippen molar-refractivity contribution in [2.24, 2.45) is 0 Å². The van der Waals surface area contributed by atoms with Gasteiger partial charge in [-0.1, -0.05) is 0 Å². The van der Waals surface area contributed by atoms with E-state index in [1.54, 1.807) is 24.7 Å². The Balaban J connectivity index is 1.83. The van der Waals surface area contributed by atoms with Crippen LogP contribution in [0.2, 0.25) is 0 Å². The molecule has 0 saturated carbocycles. The first kappa shape index (κ1) is 12.6. The number of pyridine rings is 2. The summed E-state index contributed by atoms with van der Waals surface area (Å²) in [6, 6.07) is 14.8. The van der Waals surface area contributed by atoms with Crippen molar-refractivity contribution >= 4 is 10.9 Å². The maximum Gasteiger partial charge on any atom is 0.115 e. The van der Waals surface area contributed by atoms with Gasteiger partial charge >= 0.3 is 0 Å². The van der Waals surface area contributed by atoms with E-state index >= 15 is 0 Å². The third-order valence-corrected chi connectivity index (χ3v) is 3.55. The molecule has 0 spiro atoms. The minimum Gasteiger partial charge on any atom is -0.508 e. The lowest BCUT2D eigenvalue weighted by atomic mass is 10.1. The highest BCUT2D eigenvalue weighted by Gasteiger charge is 2.06. The van der Waals surface area contributed by atoms with Crippen LogP contribution in [0.1, 0.15) is 0 Å². The van der Waals surface area contributed by atoms with Gasteiger partial charge in [0.25, 0.3) is 0 Å². The number of benzene rings is 1. The van der Waals surface area contributed by atoms with Gasteiger partial charge in [0.05, 0.1) is 29.4 Å². The average Bonchev–Trinajstić information content (AvgIpc) is 3.09. The predicted octanol–water partition coefficient (Wildman–Crippen LogP) is 4.26. The van der Waals surface area contributed by atoms with Gasteiger partial charge in [0.2, 0.25) is 0 Å². The van der Waals surface area contributed by atoms with Crippen molar-refractivity contribution < 1.29 is 9.52 Å². The molecular weight excluding hydrogens is 276 g/mol. The van der Waals surface area contributed by atoms with Crippen LogP contribution in [0.3, 0.4) is 0 Å². The number of hydrogen-bond donors (Lipinski definition) is 1. The first-order valence-electron chi connectivity index (χ1n) is 6.88. The van der Waals surface area contributed by atoms with Gasteiger partial charge in [0.15, 0.2) is 0 Å². The summed E-state index contributed by atoms with van der Waals surface area (Å²) in [6.07, 6.45) is 5.10. The number of furan rings is 1. The monoisotopic (exact) mass is 288 g/mol. The fourth-order valence-electron chi connectivity index (χ4n) is 2.38. The summed E-state index contributed by atoms with van der Waals surface area (Å²) >= 11 is 0. The summed E-state index contributed by atoms with van der Waals surface area (Å²) in [7, 11) is 0. The van der Waals surface area contributed by atoms with Crippen LogP contribution in [0.4, 0.5) is 0 Å². The fourth-order valence-corrected chi connectivity index (χ4v) is 2.38. The molecule has 3 heterocycles. The number of phenolic OH excluding ortho intramolecular Hbond substituents is 1. The molecule has 0 aliphatic heterocycles. The van der Waals surface area contributed by atoms with Crippen molar-refractivity contribution in [3.63, 3.8) is 0 Å². The van der Waals surface area contributed by atoms with E-state index in [1.165, 1.54) is 0 Å². The zero-order valence-electron chi connectivity index (χ0n) is 11.6. The Morgan fingerprint density at radius 2 is 1.73 bits per heavy atom. The highest BCUT2D eigenvalue weighted by atomic mass is 16.3. The molecule has 0 atom stereocenters. The Labute approximate surface area is 126 Å². The summed E-state index contributed by atoms with van der Waals surface area (Å²) < 4.78 is 5.10. The Morgan fingerprint density at radius 3 is 2.50 bits per heavy atom.